The Morgan fingerprint density at radius 2 is 1.89 bits per heavy atom. The maximum atomic E-state index is 11.7. The summed E-state index contributed by atoms with van der Waals surface area (Å²) in [5.74, 6) is 0. The van der Waals surface area contributed by atoms with Gasteiger partial charge in [-0.1, -0.05) is 0 Å². The first kappa shape index (κ1) is 13.0. The van der Waals surface area contributed by atoms with Crippen LogP contribution in [-0.4, -0.2) is 50.2 Å². The van der Waals surface area contributed by atoms with Crippen LogP contribution in [-0.2, 0) is 4.74 Å². The summed E-state index contributed by atoms with van der Waals surface area (Å²) >= 11 is 0. The van der Waals surface area contributed by atoms with E-state index in [0.29, 0.717) is 0 Å². The van der Waals surface area contributed by atoms with Gasteiger partial charge in [-0.2, -0.15) is 0 Å². The van der Waals surface area contributed by atoms with Crippen molar-refractivity contribution >= 4 is 0 Å². The maximum absolute atomic E-state index is 11.7. The lowest BCUT2D eigenvalue weighted by Gasteiger charge is -2.15. The summed E-state index contributed by atoms with van der Waals surface area (Å²) in [6.45, 7) is 1.01. The average Bonchev–Trinajstić information content (AvgIpc) is 2.56. The molecule has 100 valence electrons. The predicted octanol–water partition coefficient (Wildman–Crippen LogP) is -2.47. The van der Waals surface area contributed by atoms with Gasteiger partial charge in [0.2, 0.25) is 0 Å². The summed E-state index contributed by atoms with van der Waals surface area (Å²) in [6.07, 6.45) is -4.67. The first-order valence-electron chi connectivity index (χ1n) is 5.41. The summed E-state index contributed by atoms with van der Waals surface area (Å²) in [6, 6.07) is 0. The summed E-state index contributed by atoms with van der Waals surface area (Å²) < 4.78 is 5.23. The van der Waals surface area contributed by atoms with Crippen LogP contribution in [0.4, 0.5) is 0 Å². The molecule has 1 unspecified atom stereocenters. The van der Waals surface area contributed by atoms with Crippen molar-refractivity contribution in [1.82, 2.24) is 9.97 Å². The van der Waals surface area contributed by atoms with Crippen molar-refractivity contribution < 1.29 is 20.1 Å². The predicted molar refractivity (Wildman–Crippen MR) is 59.1 cm³/mol. The van der Waals surface area contributed by atoms with E-state index in [-0.39, 0.29) is 11.3 Å². The highest BCUT2D eigenvalue weighted by Gasteiger charge is 2.44. The molecule has 1 aliphatic heterocycles. The molecule has 0 aliphatic carbocycles. The molecule has 0 spiro atoms. The second-order valence-corrected chi connectivity index (χ2v) is 4.21. The number of hydrogen-bond acceptors (Lipinski definition) is 6. The second-order valence-electron chi connectivity index (χ2n) is 4.21. The molecule has 1 fully saturated rings. The van der Waals surface area contributed by atoms with E-state index in [1.54, 1.807) is 0 Å². The molecule has 1 aromatic heterocycles. The third kappa shape index (κ3) is 1.99. The number of rotatable bonds is 2. The number of hydrogen-bond donors (Lipinski definition) is 5. The number of ether oxygens (including phenoxy) is 1. The van der Waals surface area contributed by atoms with Crippen molar-refractivity contribution in [3.63, 3.8) is 0 Å². The van der Waals surface area contributed by atoms with Crippen LogP contribution in [0.1, 0.15) is 17.4 Å². The summed E-state index contributed by atoms with van der Waals surface area (Å²) in [5.41, 5.74) is -1.06. The molecule has 4 atom stereocenters. The summed E-state index contributed by atoms with van der Waals surface area (Å²) in [7, 11) is 0. The van der Waals surface area contributed by atoms with Crippen LogP contribution < -0.4 is 11.2 Å². The molecule has 2 heterocycles. The fraction of sp³-hybridized carbons (Fsp3) is 0.600. The molecule has 5 N–H and O–H groups in total. The van der Waals surface area contributed by atoms with E-state index in [4.69, 9.17) is 9.84 Å². The molecule has 0 radical (unpaired) electrons. The number of nitrogens with one attached hydrogen (secondary N) is 2. The van der Waals surface area contributed by atoms with Gasteiger partial charge in [-0.05, 0) is 6.92 Å². The van der Waals surface area contributed by atoms with Gasteiger partial charge in [0.1, 0.15) is 24.4 Å². The molecule has 0 aromatic carbocycles. The molecular weight excluding hydrogens is 244 g/mol. The summed E-state index contributed by atoms with van der Waals surface area (Å²) in [4.78, 5) is 27.1. The molecule has 2 rings (SSSR count). The molecule has 8 heteroatoms. The van der Waals surface area contributed by atoms with Crippen molar-refractivity contribution in [2.24, 2.45) is 0 Å². The number of aryl methyl sites for hydroxylation is 1. The standard InChI is InChI=1S/C10H14N2O6/c1-3-5(9(16)12-10(17)11-3)8-7(15)6(14)4(2-13)18-8/h4,6-8,13-15H,2H2,1H3,(H2,11,12,16,17)/t4-,6+,7?,8+/m1/s1. The van der Waals surface area contributed by atoms with Gasteiger partial charge in [0, 0.05) is 5.69 Å². The quantitative estimate of drug-likeness (QED) is 0.398. The monoisotopic (exact) mass is 258 g/mol. The lowest BCUT2D eigenvalue weighted by molar-refractivity contribution is -0.0234. The van der Waals surface area contributed by atoms with Gasteiger partial charge in [0.15, 0.2) is 0 Å². The van der Waals surface area contributed by atoms with Gasteiger partial charge < -0.3 is 25.0 Å². The Labute approximate surface area is 101 Å². The van der Waals surface area contributed by atoms with E-state index < -0.39 is 42.3 Å². The highest BCUT2D eigenvalue weighted by atomic mass is 16.6. The normalized spacial score (nSPS) is 31.8. The SMILES string of the molecule is Cc1[nH]c(=O)[nH]c(=O)c1[C@@H]1O[C@H](CO)[C@H](O)C1O. The van der Waals surface area contributed by atoms with Gasteiger partial charge in [-0.15, -0.1) is 0 Å². The summed E-state index contributed by atoms with van der Waals surface area (Å²) in [5, 5.41) is 28.4. The minimum atomic E-state index is -1.34. The van der Waals surface area contributed by atoms with Gasteiger partial charge >= 0.3 is 5.69 Å². The molecule has 8 nitrogen and oxygen atoms in total. The fourth-order valence-electron chi connectivity index (χ4n) is 2.09. The van der Waals surface area contributed by atoms with Crippen molar-refractivity contribution in [3.05, 3.63) is 32.1 Å². The minimum Gasteiger partial charge on any atom is -0.394 e. The van der Waals surface area contributed by atoms with Crippen molar-refractivity contribution in [2.45, 2.75) is 31.3 Å². The number of aromatic amines is 2. The van der Waals surface area contributed by atoms with Crippen molar-refractivity contribution in [2.75, 3.05) is 6.61 Å². The molecule has 1 aliphatic rings. The lowest BCUT2D eigenvalue weighted by Crippen LogP contribution is -2.34. The van der Waals surface area contributed by atoms with E-state index in [9.17, 15) is 19.8 Å². The van der Waals surface area contributed by atoms with E-state index in [2.05, 4.69) is 4.98 Å². The van der Waals surface area contributed by atoms with Gasteiger partial charge in [0.25, 0.3) is 5.56 Å². The molecule has 18 heavy (non-hydrogen) atoms. The number of aliphatic hydroxyl groups excluding tert-OH is 3. The van der Waals surface area contributed by atoms with E-state index in [1.807, 2.05) is 4.98 Å². The second kappa shape index (κ2) is 4.65. The first-order valence-corrected chi connectivity index (χ1v) is 5.41. The molecular formula is C10H14N2O6. The molecule has 1 aromatic rings. The smallest absolute Gasteiger partial charge is 0.325 e. The zero-order valence-corrected chi connectivity index (χ0v) is 9.58. The third-order valence-corrected chi connectivity index (χ3v) is 3.00. The van der Waals surface area contributed by atoms with Crippen molar-refractivity contribution in [3.8, 4) is 0 Å². The highest BCUT2D eigenvalue weighted by molar-refractivity contribution is 5.21. The Morgan fingerprint density at radius 3 is 2.39 bits per heavy atom. The molecule has 0 bridgehead atoms. The Hall–Kier alpha value is -1.48. The van der Waals surface area contributed by atoms with Crippen molar-refractivity contribution in [1.29, 1.82) is 0 Å². The lowest BCUT2D eigenvalue weighted by atomic mass is 10.0. The molecule has 1 saturated heterocycles. The number of H-pyrrole nitrogens is 2. The zero-order valence-electron chi connectivity index (χ0n) is 9.58. The Bertz CT molecular complexity index is 550. The topological polar surface area (TPSA) is 136 Å². The first-order chi connectivity index (χ1) is 8.45. The molecule has 0 saturated carbocycles. The van der Waals surface area contributed by atoms with Crippen LogP contribution in [0.25, 0.3) is 0 Å². The Kier molecular flexibility index (Phi) is 3.35. The average molecular weight is 258 g/mol. The Morgan fingerprint density at radius 1 is 1.22 bits per heavy atom. The zero-order chi connectivity index (χ0) is 13.4. The van der Waals surface area contributed by atoms with E-state index in [1.165, 1.54) is 6.92 Å². The number of aromatic nitrogens is 2. The van der Waals surface area contributed by atoms with Gasteiger partial charge in [-0.25, -0.2) is 4.79 Å². The van der Waals surface area contributed by atoms with Gasteiger partial charge in [0.05, 0.1) is 12.2 Å². The largest absolute Gasteiger partial charge is 0.394 e. The van der Waals surface area contributed by atoms with Gasteiger partial charge in [-0.3, -0.25) is 9.78 Å². The van der Waals surface area contributed by atoms with Crippen LogP contribution in [0.2, 0.25) is 0 Å². The van der Waals surface area contributed by atoms with Crippen LogP contribution in [0.15, 0.2) is 9.59 Å². The van der Waals surface area contributed by atoms with Crippen LogP contribution in [0.5, 0.6) is 0 Å². The van der Waals surface area contributed by atoms with Crippen LogP contribution >= 0.6 is 0 Å². The molecule has 0 amide bonds. The maximum Gasteiger partial charge on any atom is 0.325 e. The van der Waals surface area contributed by atoms with E-state index >= 15 is 0 Å². The Balaban J connectivity index is 2.45. The van der Waals surface area contributed by atoms with Crippen LogP contribution in [0, 0.1) is 6.92 Å². The van der Waals surface area contributed by atoms with Crippen LogP contribution in [0.3, 0.4) is 0 Å². The number of aliphatic hydroxyl groups is 3. The fourth-order valence-corrected chi connectivity index (χ4v) is 2.09. The highest BCUT2D eigenvalue weighted by Crippen LogP contribution is 2.32. The van der Waals surface area contributed by atoms with E-state index in [0.717, 1.165) is 0 Å². The minimum absolute atomic E-state index is 0.0390. The third-order valence-electron chi connectivity index (χ3n) is 3.00.